The minimum atomic E-state index is -0.531. The van der Waals surface area contributed by atoms with Crippen LogP contribution in [0.1, 0.15) is 15.9 Å². The smallest absolute Gasteiger partial charge is 0.284 e. The standard InChI is InChI=1S/C8H6BrNO3/c1-5-2-7(9)8(10(12)13)3-6(5)4-11/h2-4H,1H3. The van der Waals surface area contributed by atoms with Gasteiger partial charge >= 0.3 is 0 Å². The van der Waals surface area contributed by atoms with Crippen LogP contribution in [0.3, 0.4) is 0 Å². The van der Waals surface area contributed by atoms with E-state index in [0.29, 0.717) is 21.9 Å². The highest BCUT2D eigenvalue weighted by Crippen LogP contribution is 2.27. The molecule has 0 bridgehead atoms. The first-order valence-electron chi connectivity index (χ1n) is 3.46. The maximum Gasteiger partial charge on any atom is 0.284 e. The number of halogens is 1. The number of aryl methyl sites for hydroxylation is 1. The molecule has 0 saturated carbocycles. The topological polar surface area (TPSA) is 60.2 Å². The Bertz CT molecular complexity index is 376. The Balaban J connectivity index is 3.38. The number of hydrogen-bond acceptors (Lipinski definition) is 3. The van der Waals surface area contributed by atoms with E-state index in [1.54, 1.807) is 13.0 Å². The van der Waals surface area contributed by atoms with Crippen LogP contribution in [-0.4, -0.2) is 11.2 Å². The third-order valence-electron chi connectivity index (χ3n) is 1.66. The van der Waals surface area contributed by atoms with Gasteiger partial charge in [0.1, 0.15) is 0 Å². The van der Waals surface area contributed by atoms with Gasteiger partial charge in [0.05, 0.1) is 9.40 Å². The highest BCUT2D eigenvalue weighted by Gasteiger charge is 2.13. The van der Waals surface area contributed by atoms with E-state index in [4.69, 9.17) is 0 Å². The first-order valence-corrected chi connectivity index (χ1v) is 4.25. The van der Waals surface area contributed by atoms with Gasteiger partial charge in [0.2, 0.25) is 0 Å². The molecule has 0 amide bonds. The van der Waals surface area contributed by atoms with E-state index in [-0.39, 0.29) is 5.69 Å². The third kappa shape index (κ3) is 1.92. The zero-order chi connectivity index (χ0) is 10.0. The maximum atomic E-state index is 10.5. The second-order valence-electron chi connectivity index (χ2n) is 2.54. The fraction of sp³-hybridized carbons (Fsp3) is 0.125. The van der Waals surface area contributed by atoms with Crippen LogP contribution in [-0.2, 0) is 0 Å². The summed E-state index contributed by atoms with van der Waals surface area (Å²) < 4.78 is 0.389. The van der Waals surface area contributed by atoms with Crippen molar-refractivity contribution in [1.29, 1.82) is 0 Å². The second-order valence-corrected chi connectivity index (χ2v) is 3.39. The van der Waals surface area contributed by atoms with Crippen LogP contribution in [0.15, 0.2) is 16.6 Å². The van der Waals surface area contributed by atoms with E-state index in [2.05, 4.69) is 15.9 Å². The number of carbonyl (C=O) groups excluding carboxylic acids is 1. The van der Waals surface area contributed by atoms with Gasteiger partial charge < -0.3 is 0 Å². The van der Waals surface area contributed by atoms with Crippen molar-refractivity contribution in [3.63, 3.8) is 0 Å². The lowest BCUT2D eigenvalue weighted by Gasteiger charge is -1.99. The van der Waals surface area contributed by atoms with Crippen molar-refractivity contribution in [3.8, 4) is 0 Å². The molecule has 68 valence electrons. The molecule has 0 aliphatic rings. The quantitative estimate of drug-likeness (QED) is 0.456. The van der Waals surface area contributed by atoms with Crippen LogP contribution < -0.4 is 0 Å². The summed E-state index contributed by atoms with van der Waals surface area (Å²) in [6, 6.07) is 2.81. The van der Waals surface area contributed by atoms with Crippen molar-refractivity contribution in [3.05, 3.63) is 37.8 Å². The summed E-state index contributed by atoms with van der Waals surface area (Å²) in [6.45, 7) is 1.72. The number of rotatable bonds is 2. The third-order valence-corrected chi connectivity index (χ3v) is 2.29. The molecule has 0 radical (unpaired) electrons. The second kappa shape index (κ2) is 3.66. The van der Waals surface area contributed by atoms with Gasteiger partial charge in [-0.2, -0.15) is 0 Å². The molecule has 0 spiro atoms. The van der Waals surface area contributed by atoms with Gasteiger partial charge in [-0.25, -0.2) is 0 Å². The lowest BCUT2D eigenvalue weighted by atomic mass is 10.1. The molecule has 5 heteroatoms. The summed E-state index contributed by atoms with van der Waals surface area (Å²) in [4.78, 5) is 20.4. The van der Waals surface area contributed by atoms with Crippen molar-refractivity contribution in [2.24, 2.45) is 0 Å². The molecule has 0 unspecified atom stereocenters. The minimum absolute atomic E-state index is 0.0901. The Labute approximate surface area is 82.8 Å². The van der Waals surface area contributed by atoms with Gasteiger partial charge in [-0.15, -0.1) is 0 Å². The normalized spacial score (nSPS) is 9.69. The van der Waals surface area contributed by atoms with Crippen LogP contribution in [0.5, 0.6) is 0 Å². The van der Waals surface area contributed by atoms with E-state index in [0.717, 1.165) is 0 Å². The molecule has 1 rings (SSSR count). The molecule has 0 aliphatic carbocycles. The Kier molecular flexibility index (Phi) is 2.77. The Morgan fingerprint density at radius 1 is 1.54 bits per heavy atom. The largest absolute Gasteiger partial charge is 0.298 e. The fourth-order valence-corrected chi connectivity index (χ4v) is 1.55. The number of hydrogen-bond donors (Lipinski definition) is 0. The van der Waals surface area contributed by atoms with Gasteiger partial charge in [-0.05, 0) is 34.5 Å². The molecule has 0 atom stereocenters. The van der Waals surface area contributed by atoms with Crippen LogP contribution in [0.25, 0.3) is 0 Å². The SMILES string of the molecule is Cc1cc(Br)c([N+](=O)[O-])cc1C=O. The average molecular weight is 244 g/mol. The van der Waals surface area contributed by atoms with Crippen molar-refractivity contribution in [2.75, 3.05) is 0 Å². The molecule has 0 heterocycles. The van der Waals surface area contributed by atoms with Crippen molar-refractivity contribution < 1.29 is 9.72 Å². The van der Waals surface area contributed by atoms with Gasteiger partial charge in [0, 0.05) is 11.6 Å². The van der Waals surface area contributed by atoms with Crippen LogP contribution >= 0.6 is 15.9 Å². The fourth-order valence-electron chi connectivity index (χ4n) is 0.944. The van der Waals surface area contributed by atoms with Gasteiger partial charge in [-0.3, -0.25) is 14.9 Å². The molecule has 13 heavy (non-hydrogen) atoms. The summed E-state index contributed by atoms with van der Waals surface area (Å²) >= 11 is 3.05. The first-order chi connectivity index (χ1) is 6.06. The predicted octanol–water partition coefficient (Wildman–Crippen LogP) is 2.48. The average Bonchev–Trinajstić information content (AvgIpc) is 2.03. The van der Waals surface area contributed by atoms with E-state index >= 15 is 0 Å². The summed E-state index contributed by atoms with van der Waals surface area (Å²) in [5.74, 6) is 0. The Morgan fingerprint density at radius 2 is 2.15 bits per heavy atom. The molecule has 0 N–H and O–H groups in total. The lowest BCUT2D eigenvalue weighted by Crippen LogP contribution is -1.94. The number of benzene rings is 1. The summed E-state index contributed by atoms with van der Waals surface area (Å²) in [5, 5.41) is 10.5. The molecule has 1 aromatic rings. The molecular formula is C8H6BrNO3. The molecule has 1 aromatic carbocycles. The minimum Gasteiger partial charge on any atom is -0.298 e. The van der Waals surface area contributed by atoms with Crippen molar-refractivity contribution in [2.45, 2.75) is 6.92 Å². The molecule has 4 nitrogen and oxygen atoms in total. The van der Waals surface area contributed by atoms with Gasteiger partial charge in [-0.1, -0.05) is 0 Å². The summed E-state index contributed by atoms with van der Waals surface area (Å²) in [7, 11) is 0. The van der Waals surface area contributed by atoms with Crippen LogP contribution in [0.4, 0.5) is 5.69 Å². The van der Waals surface area contributed by atoms with E-state index in [9.17, 15) is 14.9 Å². The lowest BCUT2D eigenvalue weighted by molar-refractivity contribution is -0.385. The van der Waals surface area contributed by atoms with E-state index in [1.807, 2.05) is 0 Å². The maximum absolute atomic E-state index is 10.5. The summed E-state index contributed by atoms with van der Waals surface area (Å²) in [5.41, 5.74) is 0.968. The molecular weight excluding hydrogens is 238 g/mol. The zero-order valence-electron chi connectivity index (χ0n) is 6.78. The van der Waals surface area contributed by atoms with Crippen LogP contribution in [0.2, 0.25) is 0 Å². The van der Waals surface area contributed by atoms with Gasteiger partial charge in [0.25, 0.3) is 5.69 Å². The van der Waals surface area contributed by atoms with E-state index in [1.165, 1.54) is 6.07 Å². The molecule has 0 fully saturated rings. The number of nitro groups is 1. The van der Waals surface area contributed by atoms with Crippen molar-refractivity contribution in [1.82, 2.24) is 0 Å². The number of nitro benzene ring substituents is 1. The first kappa shape index (κ1) is 9.85. The highest BCUT2D eigenvalue weighted by atomic mass is 79.9. The molecule has 0 saturated heterocycles. The summed E-state index contributed by atoms with van der Waals surface area (Å²) in [6.07, 6.45) is 0.606. The van der Waals surface area contributed by atoms with Gasteiger partial charge in [0.15, 0.2) is 6.29 Å². The predicted molar refractivity (Wildman–Crippen MR) is 50.9 cm³/mol. The highest BCUT2D eigenvalue weighted by molar-refractivity contribution is 9.10. The van der Waals surface area contributed by atoms with Crippen molar-refractivity contribution >= 4 is 27.9 Å². The number of carbonyl (C=O) groups is 1. The molecule has 0 aromatic heterocycles. The molecule has 0 aliphatic heterocycles. The number of aldehydes is 1. The van der Waals surface area contributed by atoms with E-state index < -0.39 is 4.92 Å². The monoisotopic (exact) mass is 243 g/mol. The zero-order valence-corrected chi connectivity index (χ0v) is 8.37. The Hall–Kier alpha value is -1.23. The number of nitrogens with zero attached hydrogens (tertiary/aromatic N) is 1. The van der Waals surface area contributed by atoms with Crippen LogP contribution in [0, 0.1) is 17.0 Å². The Morgan fingerprint density at radius 3 is 2.62 bits per heavy atom.